The Morgan fingerprint density at radius 3 is 2.81 bits per heavy atom. The Kier molecular flexibility index (Phi) is 6.00. The Hall–Kier alpha value is -2.25. The number of aryl methyl sites for hydroxylation is 1. The second kappa shape index (κ2) is 8.42. The molecule has 1 fully saturated rings. The van der Waals surface area contributed by atoms with Crippen LogP contribution in [-0.2, 0) is 16.6 Å². The van der Waals surface area contributed by atoms with Crippen molar-refractivity contribution >= 4 is 11.6 Å². The highest BCUT2D eigenvalue weighted by Gasteiger charge is 2.18. The van der Waals surface area contributed by atoms with Crippen molar-refractivity contribution in [2.24, 2.45) is 7.05 Å². The first-order chi connectivity index (χ1) is 12.6. The minimum Gasteiger partial charge on any atom is -0.379 e. The molecule has 1 aromatic carbocycles. The lowest BCUT2D eigenvalue weighted by atomic mass is 10.1. The normalized spacial score (nSPS) is 16.4. The third-order valence-electron chi connectivity index (χ3n) is 5.02. The quantitative estimate of drug-likeness (QED) is 0.858. The number of carbonyl (C=O) groups is 1. The average molecular weight is 357 g/mol. The van der Waals surface area contributed by atoms with Gasteiger partial charge in [-0.05, 0) is 31.9 Å². The van der Waals surface area contributed by atoms with Crippen LogP contribution in [0.5, 0.6) is 0 Å². The van der Waals surface area contributed by atoms with Crippen LogP contribution in [0, 0.1) is 6.92 Å². The Balaban J connectivity index is 1.60. The molecule has 0 saturated carbocycles. The van der Waals surface area contributed by atoms with E-state index >= 15 is 0 Å². The monoisotopic (exact) mass is 357 g/mol. The van der Waals surface area contributed by atoms with Gasteiger partial charge in [0.1, 0.15) is 6.33 Å². The number of amides is 1. The van der Waals surface area contributed by atoms with Crippen molar-refractivity contribution in [3.63, 3.8) is 0 Å². The highest BCUT2D eigenvalue weighted by atomic mass is 16.5. The summed E-state index contributed by atoms with van der Waals surface area (Å²) in [5.74, 6) is 0.836. The number of ether oxygens (including phenoxy) is 1. The minimum atomic E-state index is 0.0447. The molecule has 7 heteroatoms. The van der Waals surface area contributed by atoms with Crippen LogP contribution in [0.25, 0.3) is 11.4 Å². The van der Waals surface area contributed by atoms with Gasteiger partial charge in [0.05, 0.1) is 13.2 Å². The van der Waals surface area contributed by atoms with E-state index in [0.717, 1.165) is 55.4 Å². The third-order valence-corrected chi connectivity index (χ3v) is 5.02. The highest BCUT2D eigenvalue weighted by Crippen LogP contribution is 2.27. The number of nitrogens with zero attached hydrogens (tertiary/aromatic N) is 4. The summed E-state index contributed by atoms with van der Waals surface area (Å²) in [5, 5.41) is 11.1. The fourth-order valence-electron chi connectivity index (χ4n) is 3.29. The van der Waals surface area contributed by atoms with E-state index in [1.807, 2.05) is 36.7 Å². The largest absolute Gasteiger partial charge is 0.379 e. The van der Waals surface area contributed by atoms with Crippen LogP contribution in [0.4, 0.5) is 5.69 Å². The molecule has 0 spiro atoms. The lowest BCUT2D eigenvalue weighted by Gasteiger charge is -2.32. The summed E-state index contributed by atoms with van der Waals surface area (Å²) in [7, 11) is 1.91. The summed E-state index contributed by atoms with van der Waals surface area (Å²) in [6, 6.07) is 6.24. The van der Waals surface area contributed by atoms with Gasteiger partial charge in [-0.1, -0.05) is 12.1 Å². The second-order valence-electron chi connectivity index (χ2n) is 6.83. The standard InChI is InChI=1S/C19H27N5O2/c1-14(24-9-11-26-12-10-24)7-8-18(25)21-17-6-4-5-16(15(17)2)19-22-20-13-23(19)3/h4-6,13-14H,7-12H2,1-3H3,(H,21,25). The van der Waals surface area contributed by atoms with Crippen molar-refractivity contribution in [3.05, 3.63) is 30.1 Å². The summed E-state index contributed by atoms with van der Waals surface area (Å²) >= 11 is 0. The molecule has 1 aliphatic rings. The first kappa shape index (κ1) is 18.5. The van der Waals surface area contributed by atoms with E-state index in [9.17, 15) is 4.79 Å². The number of hydrogen-bond acceptors (Lipinski definition) is 5. The van der Waals surface area contributed by atoms with Gasteiger partial charge in [0.2, 0.25) is 5.91 Å². The number of nitrogens with one attached hydrogen (secondary N) is 1. The number of carbonyl (C=O) groups excluding carboxylic acids is 1. The van der Waals surface area contributed by atoms with Gasteiger partial charge in [0.15, 0.2) is 5.82 Å². The fourth-order valence-corrected chi connectivity index (χ4v) is 3.29. The van der Waals surface area contributed by atoms with Gasteiger partial charge in [-0.2, -0.15) is 0 Å². The average Bonchev–Trinajstić information content (AvgIpc) is 3.08. The van der Waals surface area contributed by atoms with Gasteiger partial charge in [-0.3, -0.25) is 9.69 Å². The van der Waals surface area contributed by atoms with Gasteiger partial charge in [-0.15, -0.1) is 10.2 Å². The molecular weight excluding hydrogens is 330 g/mol. The zero-order chi connectivity index (χ0) is 18.5. The Morgan fingerprint density at radius 2 is 2.12 bits per heavy atom. The maximum atomic E-state index is 12.4. The minimum absolute atomic E-state index is 0.0447. The van der Waals surface area contributed by atoms with E-state index < -0.39 is 0 Å². The lowest BCUT2D eigenvalue weighted by molar-refractivity contribution is -0.116. The van der Waals surface area contributed by atoms with Crippen molar-refractivity contribution < 1.29 is 9.53 Å². The molecule has 0 radical (unpaired) electrons. The maximum absolute atomic E-state index is 12.4. The summed E-state index contributed by atoms with van der Waals surface area (Å²) in [6.45, 7) is 7.63. The summed E-state index contributed by atoms with van der Waals surface area (Å²) < 4.78 is 7.26. The number of benzene rings is 1. The number of rotatable bonds is 6. The first-order valence-electron chi connectivity index (χ1n) is 9.12. The SMILES string of the molecule is Cc1c(NC(=O)CCC(C)N2CCOCC2)cccc1-c1nncn1C. The number of hydrogen-bond donors (Lipinski definition) is 1. The van der Waals surface area contributed by atoms with Crippen LogP contribution in [-0.4, -0.2) is 57.9 Å². The van der Waals surface area contributed by atoms with E-state index in [4.69, 9.17) is 4.74 Å². The zero-order valence-corrected chi connectivity index (χ0v) is 15.7. The van der Waals surface area contributed by atoms with E-state index in [-0.39, 0.29) is 5.91 Å². The van der Waals surface area contributed by atoms with Gasteiger partial charge < -0.3 is 14.6 Å². The Bertz CT molecular complexity index is 752. The molecule has 1 amide bonds. The molecule has 3 rings (SSSR count). The van der Waals surface area contributed by atoms with Crippen molar-refractivity contribution in [2.75, 3.05) is 31.6 Å². The van der Waals surface area contributed by atoms with Crippen LogP contribution in [0.1, 0.15) is 25.3 Å². The van der Waals surface area contributed by atoms with Crippen molar-refractivity contribution in [1.29, 1.82) is 0 Å². The zero-order valence-electron chi connectivity index (χ0n) is 15.7. The third kappa shape index (κ3) is 4.28. The second-order valence-corrected chi connectivity index (χ2v) is 6.83. The topological polar surface area (TPSA) is 72.3 Å². The first-order valence-corrected chi connectivity index (χ1v) is 9.12. The summed E-state index contributed by atoms with van der Waals surface area (Å²) in [5.41, 5.74) is 2.80. The van der Waals surface area contributed by atoms with Gasteiger partial charge in [0.25, 0.3) is 0 Å². The summed E-state index contributed by atoms with van der Waals surface area (Å²) in [6.07, 6.45) is 3.02. The lowest BCUT2D eigenvalue weighted by Crippen LogP contribution is -2.42. The molecule has 1 atom stereocenters. The molecule has 2 aromatic rings. The molecule has 140 valence electrons. The number of morpholine rings is 1. The molecule has 1 unspecified atom stereocenters. The highest BCUT2D eigenvalue weighted by molar-refractivity contribution is 5.92. The molecule has 0 aliphatic carbocycles. The number of anilines is 1. The fraction of sp³-hybridized carbons (Fsp3) is 0.526. The van der Waals surface area contributed by atoms with Crippen LogP contribution < -0.4 is 5.32 Å². The van der Waals surface area contributed by atoms with Crippen LogP contribution in [0.3, 0.4) is 0 Å². The molecule has 0 bridgehead atoms. The molecule has 1 aliphatic heterocycles. The Labute approximate surface area is 154 Å². The molecule has 2 heterocycles. The molecule has 1 N–H and O–H groups in total. The van der Waals surface area contributed by atoms with Gasteiger partial charge in [-0.25, -0.2) is 0 Å². The molecule has 7 nitrogen and oxygen atoms in total. The molecular formula is C19H27N5O2. The predicted octanol–water partition coefficient (Wildman–Crippen LogP) is 2.23. The van der Waals surface area contributed by atoms with E-state index in [1.54, 1.807) is 6.33 Å². The summed E-state index contributed by atoms with van der Waals surface area (Å²) in [4.78, 5) is 14.8. The molecule has 1 saturated heterocycles. The van der Waals surface area contributed by atoms with Crippen LogP contribution >= 0.6 is 0 Å². The van der Waals surface area contributed by atoms with E-state index in [1.165, 1.54) is 0 Å². The van der Waals surface area contributed by atoms with Gasteiger partial charge in [0, 0.05) is 43.9 Å². The van der Waals surface area contributed by atoms with Crippen molar-refractivity contribution in [1.82, 2.24) is 19.7 Å². The maximum Gasteiger partial charge on any atom is 0.224 e. The predicted molar refractivity (Wildman–Crippen MR) is 101 cm³/mol. The number of aromatic nitrogens is 3. The van der Waals surface area contributed by atoms with E-state index in [2.05, 4.69) is 27.3 Å². The van der Waals surface area contributed by atoms with E-state index in [0.29, 0.717) is 12.5 Å². The smallest absolute Gasteiger partial charge is 0.224 e. The van der Waals surface area contributed by atoms with Crippen LogP contribution in [0.15, 0.2) is 24.5 Å². The molecule has 1 aromatic heterocycles. The van der Waals surface area contributed by atoms with Crippen LogP contribution in [0.2, 0.25) is 0 Å². The molecule has 26 heavy (non-hydrogen) atoms. The Morgan fingerprint density at radius 1 is 1.35 bits per heavy atom. The van der Waals surface area contributed by atoms with Gasteiger partial charge >= 0.3 is 0 Å². The van der Waals surface area contributed by atoms with Crippen molar-refractivity contribution in [3.8, 4) is 11.4 Å². The van der Waals surface area contributed by atoms with Crippen molar-refractivity contribution in [2.45, 2.75) is 32.7 Å².